The number of alkyl halides is 4. The molecule has 1 aromatic heterocycles. The van der Waals surface area contributed by atoms with Gasteiger partial charge in [-0.3, -0.25) is 0 Å². The molecule has 1 heterocycles. The Kier molecular flexibility index (Phi) is 3.30. The smallest absolute Gasteiger partial charge is 0.240 e. The van der Waals surface area contributed by atoms with Gasteiger partial charge in [0.2, 0.25) is 0 Å². The molecule has 0 unspecified atom stereocenters. The predicted molar refractivity (Wildman–Crippen MR) is 58.1 cm³/mol. The molecule has 0 aliphatic rings. The van der Waals surface area contributed by atoms with Crippen LogP contribution in [-0.4, -0.2) is 9.78 Å². The lowest BCUT2D eigenvalue weighted by molar-refractivity contribution is -0.137. The number of hydrogen-bond acceptors (Lipinski definition) is 1. The Bertz CT molecular complexity index is 562. The van der Waals surface area contributed by atoms with Crippen LogP contribution in [-0.2, 0) is 12.1 Å². The molecule has 2 aromatic rings. The van der Waals surface area contributed by atoms with Crippen LogP contribution in [0.25, 0.3) is 5.69 Å². The fourth-order valence-electron chi connectivity index (χ4n) is 1.49. The van der Waals surface area contributed by atoms with Gasteiger partial charge in [0.15, 0.2) is 0 Å². The van der Waals surface area contributed by atoms with Crippen molar-refractivity contribution in [1.82, 2.24) is 9.78 Å². The first-order chi connectivity index (χ1) is 8.41. The summed E-state index contributed by atoms with van der Waals surface area (Å²) < 4.78 is 51.3. The first-order valence-electron chi connectivity index (χ1n) is 4.88. The maximum absolute atomic E-state index is 13.0. The molecule has 18 heavy (non-hydrogen) atoms. The van der Waals surface area contributed by atoms with Crippen molar-refractivity contribution in [3.63, 3.8) is 0 Å². The Morgan fingerprint density at radius 2 is 2.00 bits per heavy atom. The molecule has 0 saturated heterocycles. The highest BCUT2D eigenvalue weighted by Gasteiger charge is 2.32. The average molecular weight is 279 g/mol. The van der Waals surface area contributed by atoms with Gasteiger partial charge in [0.05, 0.1) is 17.4 Å². The molecule has 96 valence electrons. The summed E-state index contributed by atoms with van der Waals surface area (Å²) in [6.07, 6.45) is -2.91. The molecule has 0 aliphatic heterocycles. The van der Waals surface area contributed by atoms with E-state index in [0.29, 0.717) is 17.4 Å². The lowest BCUT2D eigenvalue weighted by Gasteiger charge is -2.07. The lowest BCUT2D eigenvalue weighted by Crippen LogP contribution is -2.03. The van der Waals surface area contributed by atoms with Crippen molar-refractivity contribution in [2.75, 3.05) is 0 Å². The molecule has 0 bridgehead atoms. The Balaban J connectivity index is 2.46. The summed E-state index contributed by atoms with van der Waals surface area (Å²) in [5.41, 5.74) is -0.178. The third kappa shape index (κ3) is 2.48. The van der Waals surface area contributed by atoms with Gasteiger partial charge in [-0.25, -0.2) is 9.07 Å². The zero-order valence-electron chi connectivity index (χ0n) is 8.88. The predicted octanol–water partition coefficient (Wildman–Crippen LogP) is 3.77. The van der Waals surface area contributed by atoms with E-state index in [4.69, 9.17) is 11.6 Å². The van der Waals surface area contributed by atoms with Crippen LogP contribution >= 0.6 is 11.6 Å². The second-order valence-corrected chi connectivity index (χ2v) is 3.85. The van der Waals surface area contributed by atoms with Crippen LogP contribution in [0.5, 0.6) is 0 Å². The van der Waals surface area contributed by atoms with Crippen molar-refractivity contribution >= 4 is 11.6 Å². The van der Waals surface area contributed by atoms with Crippen LogP contribution in [0.3, 0.4) is 0 Å². The third-order valence-corrected chi connectivity index (χ3v) is 2.63. The molecule has 0 saturated carbocycles. The number of rotatable bonds is 2. The Morgan fingerprint density at radius 1 is 1.28 bits per heavy atom. The third-order valence-electron chi connectivity index (χ3n) is 2.34. The van der Waals surface area contributed by atoms with Gasteiger partial charge >= 0.3 is 6.18 Å². The molecule has 0 aliphatic carbocycles. The van der Waals surface area contributed by atoms with Gasteiger partial charge in [-0.05, 0) is 23.8 Å². The van der Waals surface area contributed by atoms with E-state index in [-0.39, 0.29) is 5.88 Å². The fraction of sp³-hybridized carbons (Fsp3) is 0.182. The molecule has 2 nitrogen and oxygen atoms in total. The van der Waals surface area contributed by atoms with Gasteiger partial charge in [0.1, 0.15) is 5.82 Å². The van der Waals surface area contributed by atoms with E-state index in [9.17, 15) is 17.6 Å². The van der Waals surface area contributed by atoms with Crippen molar-refractivity contribution in [3.05, 3.63) is 47.5 Å². The molecule has 0 amide bonds. The highest BCUT2D eigenvalue weighted by molar-refractivity contribution is 6.17. The number of hydrogen-bond donors (Lipinski definition) is 0. The molecule has 0 N–H and O–H groups in total. The summed E-state index contributed by atoms with van der Waals surface area (Å²) in [6.45, 7) is 0. The number of halogens is 5. The highest BCUT2D eigenvalue weighted by atomic mass is 35.5. The summed E-state index contributed by atoms with van der Waals surface area (Å²) in [4.78, 5) is 0. The molecule has 1 aromatic carbocycles. The number of aromatic nitrogens is 2. The number of nitrogens with zero attached hydrogens (tertiary/aromatic N) is 2. The molecule has 0 atom stereocenters. The Labute approximate surface area is 105 Å². The van der Waals surface area contributed by atoms with Crippen molar-refractivity contribution in [2.45, 2.75) is 12.1 Å². The van der Waals surface area contributed by atoms with E-state index >= 15 is 0 Å². The van der Waals surface area contributed by atoms with Crippen LogP contribution < -0.4 is 0 Å². The summed E-state index contributed by atoms with van der Waals surface area (Å²) in [7, 11) is 0. The van der Waals surface area contributed by atoms with Crippen LogP contribution in [0.4, 0.5) is 17.6 Å². The quantitative estimate of drug-likeness (QED) is 0.604. The minimum Gasteiger partial charge on any atom is -0.240 e. The normalized spacial score (nSPS) is 11.8. The minimum atomic E-state index is -4.46. The van der Waals surface area contributed by atoms with E-state index in [1.807, 2.05) is 0 Å². The first-order valence-corrected chi connectivity index (χ1v) is 5.42. The number of benzene rings is 1. The van der Waals surface area contributed by atoms with Gasteiger partial charge in [0.25, 0.3) is 0 Å². The van der Waals surface area contributed by atoms with Gasteiger partial charge < -0.3 is 0 Å². The average Bonchev–Trinajstić information content (AvgIpc) is 2.77. The van der Waals surface area contributed by atoms with Crippen LogP contribution in [0, 0.1) is 5.82 Å². The second-order valence-electron chi connectivity index (χ2n) is 3.58. The van der Waals surface area contributed by atoms with E-state index in [1.54, 1.807) is 0 Å². The van der Waals surface area contributed by atoms with Gasteiger partial charge in [-0.1, -0.05) is 0 Å². The van der Waals surface area contributed by atoms with Gasteiger partial charge in [-0.2, -0.15) is 18.3 Å². The highest BCUT2D eigenvalue weighted by Crippen LogP contribution is 2.29. The fourth-order valence-corrected chi connectivity index (χ4v) is 1.70. The standard InChI is InChI=1S/C11H7ClF4N2/c12-4-7-3-9(13)1-2-10(7)18-6-8(5-17-18)11(14,15)16/h1-3,5-6H,4H2. The minimum absolute atomic E-state index is 0.0195. The molecule has 0 fully saturated rings. The van der Waals surface area contributed by atoms with Crippen molar-refractivity contribution in [3.8, 4) is 5.69 Å². The Hall–Kier alpha value is -1.56. The van der Waals surface area contributed by atoms with Crippen LogP contribution in [0.15, 0.2) is 30.6 Å². The molecule has 0 radical (unpaired) electrons. The molecular formula is C11H7ClF4N2. The first kappa shape index (κ1) is 12.9. The van der Waals surface area contributed by atoms with E-state index in [2.05, 4.69) is 5.10 Å². The van der Waals surface area contributed by atoms with E-state index < -0.39 is 17.6 Å². The summed E-state index contributed by atoms with van der Waals surface area (Å²) in [6, 6.07) is 3.64. The Morgan fingerprint density at radius 3 is 2.56 bits per heavy atom. The van der Waals surface area contributed by atoms with Gasteiger partial charge in [-0.15, -0.1) is 11.6 Å². The molecule has 2 rings (SSSR count). The maximum atomic E-state index is 13.0. The van der Waals surface area contributed by atoms with Crippen LogP contribution in [0.2, 0.25) is 0 Å². The summed E-state index contributed by atoms with van der Waals surface area (Å²) >= 11 is 5.62. The monoisotopic (exact) mass is 278 g/mol. The molecular weight excluding hydrogens is 272 g/mol. The second kappa shape index (κ2) is 4.61. The van der Waals surface area contributed by atoms with E-state index in [1.165, 1.54) is 6.07 Å². The SMILES string of the molecule is Fc1ccc(-n2cc(C(F)(F)F)cn2)c(CCl)c1. The largest absolute Gasteiger partial charge is 0.419 e. The zero-order chi connectivity index (χ0) is 13.3. The van der Waals surface area contributed by atoms with Gasteiger partial charge in [0, 0.05) is 12.1 Å². The summed E-state index contributed by atoms with van der Waals surface area (Å²) in [5.74, 6) is -0.522. The zero-order valence-corrected chi connectivity index (χ0v) is 9.63. The van der Waals surface area contributed by atoms with Crippen molar-refractivity contribution in [2.24, 2.45) is 0 Å². The lowest BCUT2D eigenvalue weighted by atomic mass is 10.2. The van der Waals surface area contributed by atoms with E-state index in [0.717, 1.165) is 23.0 Å². The molecule has 0 spiro atoms. The maximum Gasteiger partial charge on any atom is 0.419 e. The van der Waals surface area contributed by atoms with Crippen molar-refractivity contribution in [1.29, 1.82) is 0 Å². The molecule has 7 heteroatoms. The van der Waals surface area contributed by atoms with Crippen LogP contribution in [0.1, 0.15) is 11.1 Å². The van der Waals surface area contributed by atoms with Crippen molar-refractivity contribution < 1.29 is 17.6 Å². The topological polar surface area (TPSA) is 17.8 Å². The summed E-state index contributed by atoms with van der Waals surface area (Å²) in [5, 5.41) is 3.61.